The van der Waals surface area contributed by atoms with Crippen molar-refractivity contribution in [2.45, 2.75) is 11.8 Å². The van der Waals surface area contributed by atoms with Crippen LogP contribution in [0.4, 0.5) is 5.69 Å². The van der Waals surface area contributed by atoms with Gasteiger partial charge in [-0.1, -0.05) is 115 Å². The summed E-state index contributed by atoms with van der Waals surface area (Å²) < 4.78 is 0. The van der Waals surface area contributed by atoms with Gasteiger partial charge in [-0.2, -0.15) is 0 Å². The molecule has 0 saturated carbocycles. The average molecular weight is 463 g/mol. The number of para-hydroxylation sites is 1. The number of rotatable bonds is 4. The average Bonchev–Trinajstić information content (AvgIpc) is 3.43. The molecular weight excluding hydrogens is 434 g/mol. The maximum atomic E-state index is 2.34. The second-order valence-electron chi connectivity index (χ2n) is 10.1. The molecule has 0 bridgehead atoms. The Morgan fingerprint density at radius 3 is 1.17 bits per heavy atom. The highest BCUT2D eigenvalue weighted by molar-refractivity contribution is 5.86. The van der Waals surface area contributed by atoms with Crippen LogP contribution in [0.25, 0.3) is 22.3 Å². The van der Waals surface area contributed by atoms with Crippen LogP contribution in [0.2, 0.25) is 0 Å². The van der Waals surface area contributed by atoms with E-state index in [0.717, 1.165) is 0 Å². The van der Waals surface area contributed by atoms with Crippen LogP contribution < -0.4 is 4.90 Å². The monoisotopic (exact) mass is 462 g/mol. The highest BCUT2D eigenvalue weighted by Crippen LogP contribution is 2.60. The van der Waals surface area contributed by atoms with Gasteiger partial charge in [0.25, 0.3) is 0 Å². The van der Waals surface area contributed by atoms with Gasteiger partial charge in [-0.15, -0.1) is 0 Å². The fourth-order valence-electron chi connectivity index (χ4n) is 6.57. The van der Waals surface area contributed by atoms with Crippen molar-refractivity contribution in [2.24, 2.45) is 0 Å². The zero-order valence-corrected chi connectivity index (χ0v) is 20.6. The molecule has 0 atom stereocenters. The van der Waals surface area contributed by atoms with Crippen LogP contribution in [0.15, 0.2) is 121 Å². The molecule has 1 nitrogen and oxygen atoms in total. The third kappa shape index (κ3) is 3.02. The summed E-state index contributed by atoms with van der Waals surface area (Å²) in [4.78, 5) is 2.26. The molecule has 2 aliphatic rings. The van der Waals surface area contributed by atoms with Crippen LogP contribution in [0.5, 0.6) is 0 Å². The number of nitrogens with zero attached hydrogens (tertiary/aromatic N) is 1. The lowest BCUT2D eigenvalue weighted by Crippen LogP contribution is -2.23. The Morgan fingerprint density at radius 2 is 0.778 bits per heavy atom. The quantitative estimate of drug-likeness (QED) is 0.260. The topological polar surface area (TPSA) is 3.24 Å². The van der Waals surface area contributed by atoms with Crippen molar-refractivity contribution >= 4 is 5.69 Å². The molecule has 0 aromatic heterocycles. The van der Waals surface area contributed by atoms with Gasteiger partial charge in [-0.3, -0.25) is 0 Å². The standard InChI is InChI=1S/C35H28N/c1-36(2)32-22-12-11-21-31(32)35(33-27-17-7-3-13-23(27)24-14-4-8-18-28(24)33)34-29-19-9-5-15-25(29)26-16-6-10-20-30(26)34/h3-22,33-34H,1-2H3. The molecule has 0 saturated heterocycles. The Morgan fingerprint density at radius 1 is 0.444 bits per heavy atom. The van der Waals surface area contributed by atoms with Crippen molar-refractivity contribution in [1.29, 1.82) is 0 Å². The van der Waals surface area contributed by atoms with Crippen LogP contribution in [0, 0.1) is 5.92 Å². The maximum absolute atomic E-state index is 2.34. The highest BCUT2D eigenvalue weighted by atomic mass is 15.1. The molecule has 5 aromatic rings. The van der Waals surface area contributed by atoms with Gasteiger partial charge in [0, 0.05) is 37.5 Å². The highest BCUT2D eigenvalue weighted by Gasteiger charge is 2.44. The smallest absolute Gasteiger partial charge is 0.0400 e. The van der Waals surface area contributed by atoms with Crippen molar-refractivity contribution in [2.75, 3.05) is 19.0 Å². The number of hydrogen-bond acceptors (Lipinski definition) is 1. The van der Waals surface area contributed by atoms with E-state index in [1.165, 1.54) is 61.7 Å². The first-order valence-corrected chi connectivity index (χ1v) is 12.7. The lowest BCUT2D eigenvalue weighted by molar-refractivity contribution is 0.738. The molecule has 0 heterocycles. The van der Waals surface area contributed by atoms with E-state index in [9.17, 15) is 0 Å². The molecule has 0 unspecified atom stereocenters. The van der Waals surface area contributed by atoms with E-state index in [1.54, 1.807) is 0 Å². The maximum Gasteiger partial charge on any atom is 0.0400 e. The van der Waals surface area contributed by atoms with Crippen molar-refractivity contribution in [1.82, 2.24) is 0 Å². The summed E-state index contributed by atoms with van der Waals surface area (Å²) in [7, 11) is 4.31. The molecule has 0 aliphatic heterocycles. The van der Waals surface area contributed by atoms with Crippen LogP contribution >= 0.6 is 0 Å². The van der Waals surface area contributed by atoms with E-state index in [-0.39, 0.29) is 11.8 Å². The molecule has 173 valence electrons. The summed E-state index contributed by atoms with van der Waals surface area (Å²) in [6.45, 7) is 0. The Labute approximate surface area is 213 Å². The van der Waals surface area contributed by atoms with Crippen LogP contribution in [-0.4, -0.2) is 14.1 Å². The third-order valence-corrected chi connectivity index (χ3v) is 7.99. The molecule has 0 spiro atoms. The molecule has 0 N–H and O–H groups in total. The number of anilines is 1. The second kappa shape index (κ2) is 8.24. The van der Waals surface area contributed by atoms with Crippen LogP contribution in [0.1, 0.15) is 39.7 Å². The largest absolute Gasteiger partial charge is 0.377 e. The van der Waals surface area contributed by atoms with Crippen molar-refractivity contribution < 1.29 is 0 Å². The first kappa shape index (κ1) is 21.2. The van der Waals surface area contributed by atoms with Gasteiger partial charge >= 0.3 is 0 Å². The predicted molar refractivity (Wildman–Crippen MR) is 151 cm³/mol. The SMILES string of the molecule is CN(C)c1ccccc1[C](C1c2ccccc2-c2ccccc21)C1c2ccccc2-c2ccccc21. The van der Waals surface area contributed by atoms with E-state index in [2.05, 4.69) is 140 Å². The second-order valence-corrected chi connectivity index (χ2v) is 10.1. The van der Waals surface area contributed by atoms with Gasteiger partial charge in [0.05, 0.1) is 0 Å². The summed E-state index contributed by atoms with van der Waals surface area (Å²) in [5, 5.41) is 0. The molecular formula is C35H28N. The lowest BCUT2D eigenvalue weighted by Gasteiger charge is -2.34. The normalized spacial score (nSPS) is 13.9. The number of benzene rings is 5. The molecule has 1 heteroatoms. The molecule has 7 rings (SSSR count). The molecule has 0 amide bonds. The Kier molecular flexibility index (Phi) is 4.85. The zero-order chi connectivity index (χ0) is 24.2. The Hall–Kier alpha value is -4.10. The summed E-state index contributed by atoms with van der Waals surface area (Å²) in [6.07, 6.45) is 0. The van der Waals surface area contributed by atoms with Crippen molar-refractivity contribution in [3.63, 3.8) is 0 Å². The van der Waals surface area contributed by atoms with E-state index in [1.807, 2.05) is 0 Å². The van der Waals surface area contributed by atoms with Crippen LogP contribution in [-0.2, 0) is 0 Å². The minimum absolute atomic E-state index is 0.183. The molecule has 2 aliphatic carbocycles. The third-order valence-electron chi connectivity index (χ3n) is 7.99. The fourth-order valence-corrected chi connectivity index (χ4v) is 6.57. The van der Waals surface area contributed by atoms with Gasteiger partial charge in [0.15, 0.2) is 0 Å². The minimum Gasteiger partial charge on any atom is -0.377 e. The summed E-state index contributed by atoms with van der Waals surface area (Å²) in [5.41, 5.74) is 13.7. The minimum atomic E-state index is 0.183. The first-order chi connectivity index (χ1) is 17.7. The van der Waals surface area contributed by atoms with E-state index in [4.69, 9.17) is 0 Å². The first-order valence-electron chi connectivity index (χ1n) is 12.7. The van der Waals surface area contributed by atoms with Crippen molar-refractivity contribution in [3.05, 3.63) is 155 Å². The molecule has 36 heavy (non-hydrogen) atoms. The van der Waals surface area contributed by atoms with Gasteiger partial charge < -0.3 is 4.90 Å². The summed E-state index contributed by atoms with van der Waals surface area (Å²) in [5.74, 6) is 1.83. The summed E-state index contributed by atoms with van der Waals surface area (Å²) >= 11 is 0. The lowest BCUT2D eigenvalue weighted by atomic mass is 9.69. The Bertz CT molecular complexity index is 1410. The van der Waals surface area contributed by atoms with E-state index < -0.39 is 0 Å². The van der Waals surface area contributed by atoms with Gasteiger partial charge in [0.1, 0.15) is 0 Å². The molecule has 5 aromatic carbocycles. The number of hydrogen-bond donors (Lipinski definition) is 0. The number of fused-ring (bicyclic) bond motifs is 6. The Balaban J connectivity index is 1.56. The predicted octanol–water partition coefficient (Wildman–Crippen LogP) is 8.30. The zero-order valence-electron chi connectivity index (χ0n) is 20.6. The van der Waals surface area contributed by atoms with E-state index in [0.29, 0.717) is 0 Å². The fraction of sp³-hybridized carbons (Fsp3) is 0.114. The van der Waals surface area contributed by atoms with Gasteiger partial charge in [-0.25, -0.2) is 0 Å². The van der Waals surface area contributed by atoms with E-state index >= 15 is 0 Å². The molecule has 1 radical (unpaired) electrons. The van der Waals surface area contributed by atoms with Crippen LogP contribution in [0.3, 0.4) is 0 Å². The molecule has 0 fully saturated rings. The van der Waals surface area contributed by atoms with Gasteiger partial charge in [0.2, 0.25) is 0 Å². The van der Waals surface area contributed by atoms with Gasteiger partial charge in [-0.05, 0) is 56.1 Å². The van der Waals surface area contributed by atoms with Crippen molar-refractivity contribution in [3.8, 4) is 22.3 Å². The summed E-state index contributed by atoms with van der Waals surface area (Å²) in [6, 6.07) is 44.9.